The van der Waals surface area contributed by atoms with Crippen LogP contribution in [-0.2, 0) is 4.74 Å². The van der Waals surface area contributed by atoms with E-state index in [0.29, 0.717) is 23.9 Å². The van der Waals surface area contributed by atoms with Gasteiger partial charge in [-0.3, -0.25) is 4.79 Å². The molecule has 0 unspecified atom stereocenters. The number of anilines is 2. The summed E-state index contributed by atoms with van der Waals surface area (Å²) in [5.74, 6) is 0.569. The Bertz CT molecular complexity index is 634. The van der Waals surface area contributed by atoms with Gasteiger partial charge in [-0.2, -0.15) is 4.98 Å². The number of aliphatic hydroxyl groups excluding tert-OH is 1. The zero-order valence-corrected chi connectivity index (χ0v) is 16.0. The van der Waals surface area contributed by atoms with Crippen molar-refractivity contribution >= 4 is 17.7 Å². The maximum atomic E-state index is 11.8. The van der Waals surface area contributed by atoms with Gasteiger partial charge < -0.3 is 26.2 Å². The standard InChI is InChI=1S/C19H31N5O3/c1-2-27-14-8-6-13(7-9-14)22-19-21-10-15(17(20)26)18(24-19)23-16-5-3-4-12(16)11-25/h10,12-14,16,25H,2-9,11H2,1H3,(H2,20,26)(H2,21,22,23,24)/t12-,13?,14?,16+/m0/s1. The predicted molar refractivity (Wildman–Crippen MR) is 104 cm³/mol. The van der Waals surface area contributed by atoms with Crippen LogP contribution in [0.25, 0.3) is 0 Å². The van der Waals surface area contributed by atoms with Crippen LogP contribution in [0.4, 0.5) is 11.8 Å². The highest BCUT2D eigenvalue weighted by Crippen LogP contribution is 2.29. The molecule has 8 nitrogen and oxygen atoms in total. The summed E-state index contributed by atoms with van der Waals surface area (Å²) in [5.41, 5.74) is 5.77. The second-order valence-electron chi connectivity index (χ2n) is 7.52. The van der Waals surface area contributed by atoms with Gasteiger partial charge >= 0.3 is 0 Å². The van der Waals surface area contributed by atoms with Gasteiger partial charge in [0, 0.05) is 37.4 Å². The van der Waals surface area contributed by atoms with Crippen molar-refractivity contribution in [2.75, 3.05) is 23.8 Å². The van der Waals surface area contributed by atoms with Crippen molar-refractivity contribution in [2.24, 2.45) is 11.7 Å². The van der Waals surface area contributed by atoms with Gasteiger partial charge in [-0.05, 0) is 45.4 Å². The first-order valence-corrected chi connectivity index (χ1v) is 10.0. The van der Waals surface area contributed by atoms with Crippen LogP contribution in [0.15, 0.2) is 6.20 Å². The number of ether oxygens (including phenoxy) is 1. The minimum Gasteiger partial charge on any atom is -0.396 e. The molecule has 0 aromatic carbocycles. The van der Waals surface area contributed by atoms with Gasteiger partial charge in [-0.1, -0.05) is 6.42 Å². The number of nitrogens with zero attached hydrogens (tertiary/aromatic N) is 2. The Labute approximate surface area is 160 Å². The molecular weight excluding hydrogens is 346 g/mol. The van der Waals surface area contributed by atoms with Crippen LogP contribution in [-0.4, -0.2) is 52.4 Å². The van der Waals surface area contributed by atoms with E-state index in [1.54, 1.807) is 0 Å². The lowest BCUT2D eigenvalue weighted by Crippen LogP contribution is -2.31. The molecule has 0 saturated heterocycles. The Morgan fingerprint density at radius 3 is 2.70 bits per heavy atom. The van der Waals surface area contributed by atoms with E-state index in [2.05, 4.69) is 20.6 Å². The van der Waals surface area contributed by atoms with E-state index in [9.17, 15) is 9.90 Å². The lowest BCUT2D eigenvalue weighted by molar-refractivity contribution is 0.0346. The molecule has 0 radical (unpaired) electrons. The molecule has 2 atom stereocenters. The second-order valence-corrected chi connectivity index (χ2v) is 7.52. The number of rotatable bonds is 8. The minimum atomic E-state index is -0.556. The molecule has 2 aliphatic carbocycles. The maximum Gasteiger partial charge on any atom is 0.254 e. The monoisotopic (exact) mass is 377 g/mol. The van der Waals surface area contributed by atoms with Crippen LogP contribution in [0.1, 0.15) is 62.2 Å². The molecular formula is C19H31N5O3. The Morgan fingerprint density at radius 1 is 1.26 bits per heavy atom. The van der Waals surface area contributed by atoms with Crippen molar-refractivity contribution in [3.05, 3.63) is 11.8 Å². The van der Waals surface area contributed by atoms with Gasteiger partial charge in [-0.15, -0.1) is 0 Å². The van der Waals surface area contributed by atoms with E-state index < -0.39 is 5.91 Å². The molecule has 1 heterocycles. The van der Waals surface area contributed by atoms with Gasteiger partial charge in [0.05, 0.1) is 11.7 Å². The molecule has 2 aliphatic rings. The summed E-state index contributed by atoms with van der Waals surface area (Å²) in [5, 5.41) is 16.2. The topological polar surface area (TPSA) is 122 Å². The fourth-order valence-electron chi connectivity index (χ4n) is 4.15. The van der Waals surface area contributed by atoms with Crippen LogP contribution < -0.4 is 16.4 Å². The Kier molecular flexibility index (Phi) is 6.84. The predicted octanol–water partition coefficient (Wildman–Crippen LogP) is 1.91. The fraction of sp³-hybridized carbons (Fsp3) is 0.737. The number of hydrogen-bond donors (Lipinski definition) is 4. The molecule has 5 N–H and O–H groups in total. The quantitative estimate of drug-likeness (QED) is 0.546. The molecule has 0 aliphatic heterocycles. The molecule has 1 amide bonds. The third-order valence-electron chi connectivity index (χ3n) is 5.68. The number of nitrogens with two attached hydrogens (primary N) is 1. The highest BCUT2D eigenvalue weighted by atomic mass is 16.5. The Morgan fingerprint density at radius 2 is 2.04 bits per heavy atom. The SMILES string of the molecule is CCOC1CCC(Nc2ncc(C(N)=O)c(N[C@@H]3CCC[C@H]3CO)n2)CC1. The van der Waals surface area contributed by atoms with Gasteiger partial charge in [0.15, 0.2) is 0 Å². The van der Waals surface area contributed by atoms with Gasteiger partial charge in [0.1, 0.15) is 5.82 Å². The van der Waals surface area contributed by atoms with Crippen LogP contribution in [0.2, 0.25) is 0 Å². The first-order valence-electron chi connectivity index (χ1n) is 10.0. The largest absolute Gasteiger partial charge is 0.396 e. The number of carbonyl (C=O) groups excluding carboxylic acids is 1. The van der Waals surface area contributed by atoms with E-state index >= 15 is 0 Å². The van der Waals surface area contributed by atoms with Crippen molar-refractivity contribution in [1.82, 2.24) is 9.97 Å². The van der Waals surface area contributed by atoms with Gasteiger partial charge in [0.2, 0.25) is 5.95 Å². The van der Waals surface area contributed by atoms with Crippen molar-refractivity contribution in [2.45, 2.75) is 70.1 Å². The molecule has 0 spiro atoms. The average molecular weight is 377 g/mol. The summed E-state index contributed by atoms with van der Waals surface area (Å²) in [4.78, 5) is 20.6. The third-order valence-corrected chi connectivity index (χ3v) is 5.68. The molecule has 8 heteroatoms. The summed E-state index contributed by atoms with van der Waals surface area (Å²) in [6.45, 7) is 2.91. The Balaban J connectivity index is 1.67. The number of aliphatic hydroxyl groups is 1. The van der Waals surface area contributed by atoms with Crippen LogP contribution >= 0.6 is 0 Å². The molecule has 0 bridgehead atoms. The number of primary amides is 1. The molecule has 150 valence electrons. The van der Waals surface area contributed by atoms with E-state index in [1.165, 1.54) is 6.20 Å². The molecule has 2 fully saturated rings. The summed E-state index contributed by atoms with van der Waals surface area (Å²) in [6, 6.07) is 0.392. The summed E-state index contributed by atoms with van der Waals surface area (Å²) >= 11 is 0. The van der Waals surface area contributed by atoms with E-state index in [-0.39, 0.29) is 24.1 Å². The zero-order chi connectivity index (χ0) is 19.2. The summed E-state index contributed by atoms with van der Waals surface area (Å²) < 4.78 is 5.70. The van der Waals surface area contributed by atoms with Crippen molar-refractivity contribution in [3.8, 4) is 0 Å². The average Bonchev–Trinajstić information content (AvgIpc) is 3.11. The highest BCUT2D eigenvalue weighted by Gasteiger charge is 2.28. The second kappa shape index (κ2) is 9.32. The smallest absolute Gasteiger partial charge is 0.254 e. The lowest BCUT2D eigenvalue weighted by Gasteiger charge is -2.29. The number of aromatic nitrogens is 2. The van der Waals surface area contributed by atoms with E-state index in [1.807, 2.05) is 6.92 Å². The first-order chi connectivity index (χ1) is 13.1. The number of carbonyl (C=O) groups is 1. The Hall–Kier alpha value is -1.93. The van der Waals surface area contributed by atoms with Crippen molar-refractivity contribution < 1.29 is 14.6 Å². The summed E-state index contributed by atoms with van der Waals surface area (Å²) in [7, 11) is 0. The van der Waals surface area contributed by atoms with E-state index in [4.69, 9.17) is 10.5 Å². The fourth-order valence-corrected chi connectivity index (χ4v) is 4.15. The molecule has 1 aromatic heterocycles. The highest BCUT2D eigenvalue weighted by molar-refractivity contribution is 5.97. The molecule has 27 heavy (non-hydrogen) atoms. The van der Waals surface area contributed by atoms with Gasteiger partial charge in [0.25, 0.3) is 5.91 Å². The normalized spacial score (nSPS) is 28.1. The molecule has 2 saturated carbocycles. The van der Waals surface area contributed by atoms with Crippen LogP contribution in [0, 0.1) is 5.92 Å². The molecule has 1 aromatic rings. The zero-order valence-electron chi connectivity index (χ0n) is 16.0. The minimum absolute atomic E-state index is 0.0949. The van der Waals surface area contributed by atoms with Crippen molar-refractivity contribution in [3.63, 3.8) is 0 Å². The number of amides is 1. The molecule has 3 rings (SSSR count). The third kappa shape index (κ3) is 5.07. The van der Waals surface area contributed by atoms with Crippen LogP contribution in [0.5, 0.6) is 0 Å². The van der Waals surface area contributed by atoms with E-state index in [0.717, 1.165) is 51.6 Å². The van der Waals surface area contributed by atoms with Crippen LogP contribution in [0.3, 0.4) is 0 Å². The lowest BCUT2D eigenvalue weighted by atomic mass is 9.93. The van der Waals surface area contributed by atoms with Crippen molar-refractivity contribution in [1.29, 1.82) is 0 Å². The van der Waals surface area contributed by atoms with Gasteiger partial charge in [-0.25, -0.2) is 4.98 Å². The first kappa shape index (κ1) is 19.8. The maximum absolute atomic E-state index is 11.8. The summed E-state index contributed by atoms with van der Waals surface area (Å²) in [6.07, 6.45) is 8.85. The number of hydrogen-bond acceptors (Lipinski definition) is 7. The number of nitrogens with one attached hydrogen (secondary N) is 2.